The summed E-state index contributed by atoms with van der Waals surface area (Å²) in [5, 5.41) is 31.7. The number of nitrogens with two attached hydrogens (primary N) is 1. The Morgan fingerprint density at radius 3 is 2.73 bits per heavy atom. The summed E-state index contributed by atoms with van der Waals surface area (Å²) in [6.45, 7) is 1.71. The average Bonchev–Trinajstić information content (AvgIpc) is 3.06. The molecule has 0 saturated carbocycles. The molecule has 8 nitrogen and oxygen atoms in total. The van der Waals surface area contributed by atoms with Gasteiger partial charge in [-0.05, 0) is 30.8 Å². The molecule has 1 aliphatic rings. The van der Waals surface area contributed by atoms with Crippen molar-refractivity contribution in [2.45, 2.75) is 11.7 Å². The van der Waals surface area contributed by atoms with E-state index in [1.807, 2.05) is 0 Å². The third-order valence-corrected chi connectivity index (χ3v) is 3.77. The molecule has 0 amide bonds. The number of furan rings is 1. The summed E-state index contributed by atoms with van der Waals surface area (Å²) >= 11 is 0.773. The van der Waals surface area contributed by atoms with Gasteiger partial charge in [0.1, 0.15) is 41.1 Å². The van der Waals surface area contributed by atoms with E-state index in [9.17, 15) is 10.5 Å². The summed E-state index contributed by atoms with van der Waals surface area (Å²) in [6.07, 6.45) is 1.51. The topological polar surface area (TPSA) is 147 Å². The largest absolute Gasteiger partial charge is 0.463 e. The van der Waals surface area contributed by atoms with Gasteiger partial charge in [0.25, 0.3) is 0 Å². The van der Waals surface area contributed by atoms with Crippen molar-refractivity contribution in [3.8, 4) is 18.2 Å². The van der Waals surface area contributed by atoms with Crippen molar-refractivity contribution >= 4 is 22.6 Å². The highest BCUT2D eigenvalue weighted by atomic mass is 32.2. The van der Waals surface area contributed by atoms with Gasteiger partial charge in [-0.15, -0.1) is 0 Å². The van der Waals surface area contributed by atoms with E-state index in [2.05, 4.69) is 15.5 Å². The molecule has 0 fully saturated rings. The van der Waals surface area contributed by atoms with Crippen molar-refractivity contribution in [3.63, 3.8) is 0 Å². The van der Waals surface area contributed by atoms with Gasteiger partial charge in [0, 0.05) is 0 Å². The van der Waals surface area contributed by atoms with Crippen molar-refractivity contribution in [1.29, 1.82) is 15.8 Å². The fourth-order valence-electron chi connectivity index (χ4n) is 1.60. The molecule has 3 N–H and O–H groups in total. The van der Waals surface area contributed by atoms with Gasteiger partial charge < -0.3 is 10.2 Å². The van der Waals surface area contributed by atoms with E-state index >= 15 is 0 Å². The molecule has 9 heteroatoms. The highest BCUT2D eigenvalue weighted by Gasteiger charge is 2.43. The molecule has 0 aromatic carbocycles. The molecule has 0 bridgehead atoms. The standard InChI is InChI=1S/C13H9N7OS/c1-8(10-3-2-4-21-10)19-20-12-18-11(17)9(5-14)13(6-15,7-16)22-12/h2-4H,17H2,1H3,(H,18,20)/b19-8+. The molecule has 22 heavy (non-hydrogen) atoms. The molecule has 1 aliphatic heterocycles. The Morgan fingerprint density at radius 1 is 1.45 bits per heavy atom. The van der Waals surface area contributed by atoms with Crippen molar-refractivity contribution in [2.24, 2.45) is 15.8 Å². The molecule has 108 valence electrons. The number of nitriles is 3. The van der Waals surface area contributed by atoms with Gasteiger partial charge in [-0.1, -0.05) is 0 Å². The minimum absolute atomic E-state index is 0.144. The zero-order valence-electron chi connectivity index (χ0n) is 11.4. The lowest BCUT2D eigenvalue weighted by molar-refractivity contribution is 0.556. The molecule has 0 spiro atoms. The summed E-state index contributed by atoms with van der Waals surface area (Å²) in [4.78, 5) is 3.94. The second kappa shape index (κ2) is 6.04. The molecular formula is C13H9N7OS. The molecule has 0 saturated heterocycles. The van der Waals surface area contributed by atoms with E-state index in [1.165, 1.54) is 6.26 Å². The van der Waals surface area contributed by atoms with E-state index in [1.54, 1.807) is 37.3 Å². The first-order valence-electron chi connectivity index (χ1n) is 5.91. The molecule has 0 radical (unpaired) electrons. The summed E-state index contributed by atoms with van der Waals surface area (Å²) < 4.78 is 3.44. The number of amidine groups is 1. The van der Waals surface area contributed by atoms with Crippen LogP contribution in [0.4, 0.5) is 0 Å². The van der Waals surface area contributed by atoms with Gasteiger partial charge in [-0.2, -0.15) is 20.9 Å². The number of nitrogens with zero attached hydrogens (tertiary/aromatic N) is 5. The first-order valence-corrected chi connectivity index (χ1v) is 6.72. The van der Waals surface area contributed by atoms with Crippen LogP contribution in [0.1, 0.15) is 12.7 Å². The van der Waals surface area contributed by atoms with Crippen molar-refractivity contribution in [2.75, 3.05) is 0 Å². The zero-order chi connectivity index (χ0) is 16.2. The SMILES string of the molecule is C/C(=N\NC1=NC(N)=C(C#N)C(C#N)(C#N)S1)c1ccco1. The van der Waals surface area contributed by atoms with Crippen LogP contribution in [-0.4, -0.2) is 15.6 Å². The lowest BCUT2D eigenvalue weighted by Gasteiger charge is -2.22. The van der Waals surface area contributed by atoms with Crippen LogP contribution in [-0.2, 0) is 0 Å². The first-order chi connectivity index (χ1) is 10.6. The number of hydrogen-bond acceptors (Lipinski definition) is 9. The molecule has 0 atom stereocenters. The van der Waals surface area contributed by atoms with E-state index in [-0.39, 0.29) is 16.6 Å². The molecular weight excluding hydrogens is 302 g/mol. The highest BCUT2D eigenvalue weighted by molar-refractivity contribution is 8.15. The Hall–Kier alpha value is -3.22. The number of hydrazone groups is 1. The lowest BCUT2D eigenvalue weighted by Crippen LogP contribution is -2.34. The smallest absolute Gasteiger partial charge is 0.234 e. The van der Waals surface area contributed by atoms with Gasteiger partial charge in [-0.25, -0.2) is 4.99 Å². The third kappa shape index (κ3) is 2.64. The van der Waals surface area contributed by atoms with Crippen LogP contribution in [0.15, 0.2) is 44.3 Å². The van der Waals surface area contributed by atoms with Crippen LogP contribution >= 0.6 is 11.8 Å². The van der Waals surface area contributed by atoms with Gasteiger partial charge in [0.2, 0.25) is 4.75 Å². The number of hydrogen-bond donors (Lipinski definition) is 2. The van der Waals surface area contributed by atoms with E-state index in [0.29, 0.717) is 11.5 Å². The maximum atomic E-state index is 9.24. The van der Waals surface area contributed by atoms with E-state index < -0.39 is 4.75 Å². The Balaban J connectivity index is 2.30. The van der Waals surface area contributed by atoms with Gasteiger partial charge in [0.15, 0.2) is 5.17 Å². The van der Waals surface area contributed by atoms with Crippen molar-refractivity contribution in [1.82, 2.24) is 5.43 Å². The number of rotatable bonds is 2. The van der Waals surface area contributed by atoms with E-state index in [4.69, 9.17) is 15.4 Å². The number of aliphatic imine (C=N–C) groups is 1. The molecule has 1 aromatic rings. The number of thioether (sulfide) groups is 1. The van der Waals surface area contributed by atoms with Crippen LogP contribution in [0, 0.1) is 34.0 Å². The maximum absolute atomic E-state index is 9.24. The minimum atomic E-state index is -1.74. The predicted octanol–water partition coefficient (Wildman–Crippen LogP) is 1.18. The fourth-order valence-corrected chi connectivity index (χ4v) is 2.47. The Kier molecular flexibility index (Phi) is 4.17. The Morgan fingerprint density at radius 2 is 2.18 bits per heavy atom. The fraction of sp³-hybridized carbons (Fsp3) is 0.154. The zero-order valence-corrected chi connectivity index (χ0v) is 12.2. The van der Waals surface area contributed by atoms with Gasteiger partial charge in [-0.3, -0.25) is 5.43 Å². The van der Waals surface area contributed by atoms with Crippen LogP contribution in [0.5, 0.6) is 0 Å². The van der Waals surface area contributed by atoms with Gasteiger partial charge >= 0.3 is 0 Å². The number of nitrogens with one attached hydrogen (secondary N) is 1. The maximum Gasteiger partial charge on any atom is 0.234 e. The normalized spacial score (nSPS) is 17.0. The van der Waals surface area contributed by atoms with Crippen LogP contribution in [0.3, 0.4) is 0 Å². The Labute approximate surface area is 130 Å². The summed E-state index contributed by atoms with van der Waals surface area (Å²) in [5.74, 6) is 0.375. The summed E-state index contributed by atoms with van der Waals surface area (Å²) in [6, 6.07) is 8.80. The molecule has 1 aromatic heterocycles. The minimum Gasteiger partial charge on any atom is -0.463 e. The van der Waals surface area contributed by atoms with Crippen LogP contribution in [0.25, 0.3) is 0 Å². The second-order valence-corrected chi connectivity index (χ2v) is 5.29. The van der Waals surface area contributed by atoms with Gasteiger partial charge in [0.05, 0.1) is 6.26 Å². The van der Waals surface area contributed by atoms with Crippen molar-refractivity contribution < 1.29 is 4.42 Å². The predicted molar refractivity (Wildman–Crippen MR) is 79.9 cm³/mol. The van der Waals surface area contributed by atoms with Crippen LogP contribution < -0.4 is 11.2 Å². The molecule has 0 unspecified atom stereocenters. The monoisotopic (exact) mass is 311 g/mol. The van der Waals surface area contributed by atoms with E-state index in [0.717, 1.165) is 11.8 Å². The first kappa shape index (κ1) is 15.2. The average molecular weight is 311 g/mol. The van der Waals surface area contributed by atoms with Crippen molar-refractivity contribution in [3.05, 3.63) is 35.6 Å². The third-order valence-electron chi connectivity index (χ3n) is 2.70. The molecule has 2 rings (SSSR count). The lowest BCUT2D eigenvalue weighted by atomic mass is 10.0. The van der Waals surface area contributed by atoms with Crippen LogP contribution in [0.2, 0.25) is 0 Å². The second-order valence-electron chi connectivity index (χ2n) is 4.08. The molecule has 2 heterocycles. The highest BCUT2D eigenvalue weighted by Crippen LogP contribution is 2.37. The molecule has 0 aliphatic carbocycles. The quantitative estimate of drug-likeness (QED) is 0.615. The summed E-state index contributed by atoms with van der Waals surface area (Å²) in [7, 11) is 0. The summed E-state index contributed by atoms with van der Waals surface area (Å²) in [5.41, 5.74) is 8.64. The Bertz CT molecular complexity index is 785.